The predicted molar refractivity (Wildman–Crippen MR) is 88.4 cm³/mol. The van der Waals surface area contributed by atoms with Crippen molar-refractivity contribution in [2.45, 2.75) is 40.2 Å². The van der Waals surface area contributed by atoms with Crippen molar-refractivity contribution in [3.8, 4) is 0 Å². The topological polar surface area (TPSA) is 66.9 Å². The Labute approximate surface area is 131 Å². The standard InChI is InChI=1S/C17H22N4O/c1-11-7-6-8-12(2)15(11)20-14-10-18-13(9-19-14)16(22)21-17(3,4)5/h6-10H,1-5H3,(H,19,20)(H,21,22). The lowest BCUT2D eigenvalue weighted by Crippen LogP contribution is -2.40. The van der Waals surface area contributed by atoms with Crippen LogP contribution in [0.2, 0.25) is 0 Å². The Kier molecular flexibility index (Phi) is 4.45. The third-order valence-electron chi connectivity index (χ3n) is 3.11. The zero-order chi connectivity index (χ0) is 16.3. The molecule has 2 aromatic rings. The van der Waals surface area contributed by atoms with Crippen molar-refractivity contribution < 1.29 is 4.79 Å². The summed E-state index contributed by atoms with van der Waals surface area (Å²) in [5.41, 5.74) is 3.30. The van der Waals surface area contributed by atoms with Crippen LogP contribution in [0.4, 0.5) is 11.5 Å². The SMILES string of the molecule is Cc1cccc(C)c1Nc1cnc(C(=O)NC(C)(C)C)cn1. The second-order valence-electron chi connectivity index (χ2n) is 6.38. The lowest BCUT2D eigenvalue weighted by Gasteiger charge is -2.20. The number of carbonyl (C=O) groups is 1. The minimum atomic E-state index is -0.298. The number of benzene rings is 1. The Balaban J connectivity index is 2.14. The van der Waals surface area contributed by atoms with Crippen LogP contribution in [0.25, 0.3) is 0 Å². The van der Waals surface area contributed by atoms with Crippen LogP contribution in [0.3, 0.4) is 0 Å². The molecule has 0 radical (unpaired) electrons. The normalized spacial score (nSPS) is 11.1. The van der Waals surface area contributed by atoms with E-state index in [1.165, 1.54) is 6.20 Å². The van der Waals surface area contributed by atoms with Crippen LogP contribution in [-0.2, 0) is 0 Å². The number of amides is 1. The molecule has 0 aliphatic heterocycles. The molecule has 116 valence electrons. The summed E-state index contributed by atoms with van der Waals surface area (Å²) in [5, 5.41) is 6.11. The second-order valence-corrected chi connectivity index (χ2v) is 6.38. The number of hydrogen-bond acceptors (Lipinski definition) is 4. The first-order valence-corrected chi connectivity index (χ1v) is 7.24. The summed E-state index contributed by atoms with van der Waals surface area (Å²) in [4.78, 5) is 20.5. The van der Waals surface area contributed by atoms with E-state index in [4.69, 9.17) is 0 Å². The first kappa shape index (κ1) is 15.9. The smallest absolute Gasteiger partial charge is 0.271 e. The van der Waals surface area contributed by atoms with E-state index in [1.54, 1.807) is 6.20 Å². The van der Waals surface area contributed by atoms with Gasteiger partial charge in [-0.3, -0.25) is 4.79 Å². The van der Waals surface area contributed by atoms with E-state index in [2.05, 4.69) is 20.6 Å². The van der Waals surface area contributed by atoms with Gasteiger partial charge in [0.25, 0.3) is 5.91 Å². The van der Waals surface area contributed by atoms with Gasteiger partial charge in [-0.15, -0.1) is 0 Å². The maximum Gasteiger partial charge on any atom is 0.271 e. The van der Waals surface area contributed by atoms with Gasteiger partial charge in [0.2, 0.25) is 0 Å². The Morgan fingerprint density at radius 2 is 1.68 bits per heavy atom. The van der Waals surface area contributed by atoms with Crippen molar-refractivity contribution in [3.05, 3.63) is 47.4 Å². The van der Waals surface area contributed by atoms with Crippen molar-refractivity contribution >= 4 is 17.4 Å². The van der Waals surface area contributed by atoms with Crippen LogP contribution in [-0.4, -0.2) is 21.4 Å². The second kappa shape index (κ2) is 6.13. The summed E-state index contributed by atoms with van der Waals surface area (Å²) in [6.07, 6.45) is 3.06. The lowest BCUT2D eigenvalue weighted by molar-refractivity contribution is 0.0914. The van der Waals surface area contributed by atoms with Gasteiger partial charge in [-0.2, -0.15) is 0 Å². The van der Waals surface area contributed by atoms with Crippen LogP contribution in [0.15, 0.2) is 30.6 Å². The summed E-state index contributed by atoms with van der Waals surface area (Å²) >= 11 is 0. The zero-order valence-electron chi connectivity index (χ0n) is 13.7. The van der Waals surface area contributed by atoms with Crippen LogP contribution in [0.1, 0.15) is 42.4 Å². The maximum absolute atomic E-state index is 12.0. The van der Waals surface area contributed by atoms with Crippen molar-refractivity contribution in [1.82, 2.24) is 15.3 Å². The summed E-state index contributed by atoms with van der Waals surface area (Å²) in [5.74, 6) is 0.392. The van der Waals surface area contributed by atoms with Crippen molar-refractivity contribution in [2.75, 3.05) is 5.32 Å². The summed E-state index contributed by atoms with van der Waals surface area (Å²) < 4.78 is 0. The molecule has 0 fully saturated rings. The number of anilines is 2. The number of para-hydroxylation sites is 1. The van der Waals surface area contributed by atoms with Crippen molar-refractivity contribution in [2.24, 2.45) is 0 Å². The molecule has 0 saturated heterocycles. The fourth-order valence-electron chi connectivity index (χ4n) is 2.05. The molecule has 0 aliphatic carbocycles. The molecule has 22 heavy (non-hydrogen) atoms. The maximum atomic E-state index is 12.0. The Bertz CT molecular complexity index is 652. The third-order valence-corrected chi connectivity index (χ3v) is 3.11. The van der Waals surface area contributed by atoms with E-state index in [1.807, 2.05) is 52.8 Å². The van der Waals surface area contributed by atoms with Gasteiger partial charge < -0.3 is 10.6 Å². The van der Waals surface area contributed by atoms with Crippen LogP contribution < -0.4 is 10.6 Å². The molecular weight excluding hydrogens is 276 g/mol. The fraction of sp³-hybridized carbons (Fsp3) is 0.353. The van der Waals surface area contributed by atoms with E-state index in [-0.39, 0.29) is 11.4 Å². The van der Waals surface area contributed by atoms with Crippen LogP contribution in [0.5, 0.6) is 0 Å². The van der Waals surface area contributed by atoms with E-state index in [0.717, 1.165) is 16.8 Å². The first-order chi connectivity index (χ1) is 10.3. The van der Waals surface area contributed by atoms with E-state index in [9.17, 15) is 4.79 Å². The molecule has 0 saturated carbocycles. The number of aromatic nitrogens is 2. The van der Waals surface area contributed by atoms with E-state index >= 15 is 0 Å². The molecule has 0 atom stereocenters. The highest BCUT2D eigenvalue weighted by Crippen LogP contribution is 2.22. The quantitative estimate of drug-likeness (QED) is 0.911. The van der Waals surface area contributed by atoms with Crippen LogP contribution >= 0.6 is 0 Å². The van der Waals surface area contributed by atoms with Gasteiger partial charge in [-0.1, -0.05) is 18.2 Å². The Morgan fingerprint density at radius 3 is 2.18 bits per heavy atom. The minimum absolute atomic E-state index is 0.223. The summed E-state index contributed by atoms with van der Waals surface area (Å²) in [6.45, 7) is 9.85. The van der Waals surface area contributed by atoms with Gasteiger partial charge in [0.1, 0.15) is 11.5 Å². The number of hydrogen-bond donors (Lipinski definition) is 2. The van der Waals surface area contributed by atoms with Crippen molar-refractivity contribution in [1.29, 1.82) is 0 Å². The van der Waals surface area contributed by atoms with Gasteiger partial charge in [-0.05, 0) is 45.7 Å². The average Bonchev–Trinajstić information content (AvgIpc) is 2.42. The highest BCUT2D eigenvalue weighted by atomic mass is 16.2. The average molecular weight is 298 g/mol. The monoisotopic (exact) mass is 298 g/mol. The molecule has 0 bridgehead atoms. The number of nitrogens with one attached hydrogen (secondary N) is 2. The summed E-state index contributed by atoms with van der Waals surface area (Å²) in [7, 11) is 0. The Hall–Kier alpha value is -2.43. The van der Waals surface area contributed by atoms with Gasteiger partial charge in [-0.25, -0.2) is 9.97 Å². The van der Waals surface area contributed by atoms with Gasteiger partial charge in [0.15, 0.2) is 0 Å². The molecular formula is C17H22N4O. The molecule has 2 rings (SSSR count). The molecule has 5 nitrogen and oxygen atoms in total. The molecule has 0 unspecified atom stereocenters. The van der Waals surface area contributed by atoms with Crippen molar-refractivity contribution in [3.63, 3.8) is 0 Å². The lowest BCUT2D eigenvalue weighted by atomic mass is 10.1. The largest absolute Gasteiger partial charge is 0.346 e. The third kappa shape index (κ3) is 4.04. The number of rotatable bonds is 3. The van der Waals surface area contributed by atoms with E-state index < -0.39 is 0 Å². The number of aryl methyl sites for hydroxylation is 2. The summed E-state index contributed by atoms with van der Waals surface area (Å²) in [6, 6.07) is 6.09. The zero-order valence-corrected chi connectivity index (χ0v) is 13.7. The number of carbonyl (C=O) groups excluding carboxylic acids is 1. The molecule has 5 heteroatoms. The molecule has 1 aromatic heterocycles. The minimum Gasteiger partial charge on any atom is -0.346 e. The van der Waals surface area contributed by atoms with Gasteiger partial charge in [0.05, 0.1) is 12.4 Å². The molecule has 1 aromatic carbocycles. The van der Waals surface area contributed by atoms with E-state index in [0.29, 0.717) is 11.5 Å². The fourth-order valence-corrected chi connectivity index (χ4v) is 2.05. The highest BCUT2D eigenvalue weighted by molar-refractivity contribution is 5.92. The molecule has 0 spiro atoms. The van der Waals surface area contributed by atoms with Gasteiger partial charge in [0, 0.05) is 11.2 Å². The molecule has 2 N–H and O–H groups in total. The molecule has 0 aliphatic rings. The molecule has 1 heterocycles. The highest BCUT2D eigenvalue weighted by Gasteiger charge is 2.16. The number of nitrogens with zero attached hydrogens (tertiary/aromatic N) is 2. The first-order valence-electron chi connectivity index (χ1n) is 7.24. The predicted octanol–water partition coefficient (Wildman–Crippen LogP) is 3.37. The van der Waals surface area contributed by atoms with Crippen LogP contribution in [0, 0.1) is 13.8 Å². The Morgan fingerprint density at radius 1 is 1.05 bits per heavy atom. The van der Waals surface area contributed by atoms with Gasteiger partial charge >= 0.3 is 0 Å². The molecule has 1 amide bonds.